The van der Waals surface area contributed by atoms with Crippen molar-refractivity contribution in [1.29, 1.82) is 0 Å². The summed E-state index contributed by atoms with van der Waals surface area (Å²) in [6.45, 7) is 4.70. The van der Waals surface area contributed by atoms with Crippen molar-refractivity contribution in [2.45, 2.75) is 25.7 Å². The molecular formula is C22H18. The van der Waals surface area contributed by atoms with Crippen molar-refractivity contribution >= 4 is 0 Å². The molecule has 0 radical (unpaired) electrons. The van der Waals surface area contributed by atoms with Crippen LogP contribution in [0.25, 0.3) is 22.3 Å². The molecule has 0 N–H and O–H groups in total. The summed E-state index contributed by atoms with van der Waals surface area (Å²) in [5.41, 5.74) is 11.8. The van der Waals surface area contributed by atoms with E-state index < -0.39 is 0 Å². The third-order valence-corrected chi connectivity index (χ3v) is 5.50. The Balaban J connectivity index is 1.93. The number of hydrogen-bond donors (Lipinski definition) is 0. The van der Waals surface area contributed by atoms with E-state index in [-0.39, 0.29) is 5.41 Å². The minimum Gasteiger partial charge on any atom is -0.0619 e. The van der Waals surface area contributed by atoms with E-state index in [4.69, 9.17) is 0 Å². The quantitative estimate of drug-likeness (QED) is 0.396. The zero-order valence-electron chi connectivity index (χ0n) is 13.0. The summed E-state index contributed by atoms with van der Waals surface area (Å²) in [5, 5.41) is 0. The largest absolute Gasteiger partial charge is 0.0619 e. The van der Waals surface area contributed by atoms with Gasteiger partial charge in [0.15, 0.2) is 0 Å². The summed E-state index contributed by atoms with van der Waals surface area (Å²) in [5.74, 6) is 0. The maximum absolute atomic E-state index is 2.36. The van der Waals surface area contributed by atoms with Gasteiger partial charge < -0.3 is 0 Å². The first-order valence-electron chi connectivity index (χ1n) is 8.02. The summed E-state index contributed by atoms with van der Waals surface area (Å²) < 4.78 is 0. The molecule has 0 aromatic heterocycles. The first-order chi connectivity index (χ1) is 10.7. The molecule has 0 atom stereocenters. The van der Waals surface area contributed by atoms with Gasteiger partial charge in [0.25, 0.3) is 0 Å². The lowest BCUT2D eigenvalue weighted by molar-refractivity contribution is 0.660. The average Bonchev–Trinajstić information content (AvgIpc) is 3.02. The zero-order chi connectivity index (χ0) is 14.9. The first-order valence-corrected chi connectivity index (χ1v) is 8.02. The van der Waals surface area contributed by atoms with Crippen molar-refractivity contribution in [2.75, 3.05) is 0 Å². The van der Waals surface area contributed by atoms with Crippen molar-refractivity contribution in [3.8, 4) is 22.3 Å². The second-order valence-corrected chi connectivity index (χ2v) is 7.03. The van der Waals surface area contributed by atoms with Crippen LogP contribution in [0.15, 0.2) is 60.7 Å². The number of benzene rings is 3. The monoisotopic (exact) mass is 282 g/mol. The summed E-state index contributed by atoms with van der Waals surface area (Å²) in [6.07, 6.45) is 1.07. The SMILES string of the molecule is CC1(C)c2ccccc2-c2c1ccc1c2-c2ccccc2C1. The molecule has 0 unspecified atom stereocenters. The molecule has 0 nitrogen and oxygen atoms in total. The van der Waals surface area contributed by atoms with E-state index in [1.54, 1.807) is 0 Å². The molecule has 2 aliphatic rings. The molecule has 22 heavy (non-hydrogen) atoms. The van der Waals surface area contributed by atoms with Gasteiger partial charge in [0.2, 0.25) is 0 Å². The molecule has 106 valence electrons. The highest BCUT2D eigenvalue weighted by molar-refractivity contribution is 5.96. The Morgan fingerprint density at radius 1 is 0.636 bits per heavy atom. The Kier molecular flexibility index (Phi) is 2.16. The Morgan fingerprint density at radius 3 is 2.23 bits per heavy atom. The van der Waals surface area contributed by atoms with E-state index in [9.17, 15) is 0 Å². The van der Waals surface area contributed by atoms with Crippen LogP contribution in [0.1, 0.15) is 36.1 Å². The van der Waals surface area contributed by atoms with Crippen LogP contribution in [0.3, 0.4) is 0 Å². The van der Waals surface area contributed by atoms with E-state index in [0.29, 0.717) is 0 Å². The molecule has 3 aromatic rings. The van der Waals surface area contributed by atoms with Gasteiger partial charge >= 0.3 is 0 Å². The van der Waals surface area contributed by atoms with Crippen LogP contribution < -0.4 is 0 Å². The third kappa shape index (κ3) is 1.33. The molecule has 5 rings (SSSR count). The van der Waals surface area contributed by atoms with Crippen LogP contribution in [-0.4, -0.2) is 0 Å². The van der Waals surface area contributed by atoms with Crippen LogP contribution in [0.5, 0.6) is 0 Å². The van der Waals surface area contributed by atoms with Gasteiger partial charge in [-0.2, -0.15) is 0 Å². The maximum Gasteiger partial charge on any atom is 0.0159 e. The standard InChI is InChI=1S/C22H18/c1-22(2)18-10-6-5-9-17(18)21-19(22)12-11-15-13-14-7-3-4-8-16(14)20(15)21/h3-12H,13H2,1-2H3. The number of rotatable bonds is 0. The molecular weight excluding hydrogens is 264 g/mol. The molecule has 0 aliphatic heterocycles. The fourth-order valence-electron chi connectivity index (χ4n) is 4.42. The molecule has 3 aromatic carbocycles. The third-order valence-electron chi connectivity index (χ3n) is 5.50. The normalized spacial score (nSPS) is 15.9. The van der Waals surface area contributed by atoms with E-state index >= 15 is 0 Å². The van der Waals surface area contributed by atoms with Crippen molar-refractivity contribution in [2.24, 2.45) is 0 Å². The van der Waals surface area contributed by atoms with Crippen LogP contribution >= 0.6 is 0 Å². The van der Waals surface area contributed by atoms with Gasteiger partial charge in [-0.3, -0.25) is 0 Å². The maximum atomic E-state index is 2.36. The Labute approximate surface area is 131 Å². The smallest absolute Gasteiger partial charge is 0.0159 e. The Hall–Kier alpha value is -2.34. The molecule has 0 heterocycles. The highest BCUT2D eigenvalue weighted by atomic mass is 14.4. The van der Waals surface area contributed by atoms with Crippen molar-refractivity contribution in [3.05, 3.63) is 82.9 Å². The predicted molar refractivity (Wildman–Crippen MR) is 92.2 cm³/mol. The van der Waals surface area contributed by atoms with E-state index in [1.807, 2.05) is 0 Å². The second-order valence-electron chi connectivity index (χ2n) is 7.03. The Bertz CT molecular complexity index is 929. The first kappa shape index (κ1) is 12.2. The minimum absolute atomic E-state index is 0.0957. The van der Waals surface area contributed by atoms with Gasteiger partial charge in [-0.25, -0.2) is 0 Å². The van der Waals surface area contributed by atoms with Gasteiger partial charge in [-0.15, -0.1) is 0 Å². The van der Waals surface area contributed by atoms with Gasteiger partial charge in [0, 0.05) is 5.41 Å². The summed E-state index contributed by atoms with van der Waals surface area (Å²) in [6, 6.07) is 22.5. The lowest BCUT2D eigenvalue weighted by atomic mass is 9.82. The molecule has 0 fully saturated rings. The Morgan fingerprint density at radius 2 is 1.36 bits per heavy atom. The fraction of sp³-hybridized carbons (Fsp3) is 0.182. The minimum atomic E-state index is 0.0957. The van der Waals surface area contributed by atoms with E-state index in [1.165, 1.54) is 44.5 Å². The average molecular weight is 282 g/mol. The van der Waals surface area contributed by atoms with Crippen LogP contribution in [0.4, 0.5) is 0 Å². The number of fused-ring (bicyclic) bond motifs is 7. The van der Waals surface area contributed by atoms with Gasteiger partial charge in [0.05, 0.1) is 0 Å². The second kappa shape index (κ2) is 3.89. The molecule has 0 spiro atoms. The van der Waals surface area contributed by atoms with Gasteiger partial charge in [-0.1, -0.05) is 74.5 Å². The lowest BCUT2D eigenvalue weighted by Gasteiger charge is -2.21. The molecule has 0 bridgehead atoms. The van der Waals surface area contributed by atoms with E-state index in [2.05, 4.69) is 74.5 Å². The van der Waals surface area contributed by atoms with Crippen LogP contribution in [0.2, 0.25) is 0 Å². The van der Waals surface area contributed by atoms with Gasteiger partial charge in [0.1, 0.15) is 0 Å². The summed E-state index contributed by atoms with van der Waals surface area (Å²) in [7, 11) is 0. The molecule has 0 heteroatoms. The molecule has 0 amide bonds. The van der Waals surface area contributed by atoms with Crippen molar-refractivity contribution in [3.63, 3.8) is 0 Å². The molecule has 2 aliphatic carbocycles. The van der Waals surface area contributed by atoms with Crippen LogP contribution in [-0.2, 0) is 11.8 Å². The van der Waals surface area contributed by atoms with Gasteiger partial charge in [-0.05, 0) is 50.9 Å². The topological polar surface area (TPSA) is 0 Å². The molecule has 0 saturated carbocycles. The van der Waals surface area contributed by atoms with Crippen LogP contribution in [0, 0.1) is 0 Å². The predicted octanol–water partition coefficient (Wildman–Crippen LogP) is 5.56. The lowest BCUT2D eigenvalue weighted by Crippen LogP contribution is -2.14. The molecule has 0 saturated heterocycles. The van der Waals surface area contributed by atoms with Crippen molar-refractivity contribution < 1.29 is 0 Å². The summed E-state index contributed by atoms with van der Waals surface area (Å²) >= 11 is 0. The fourth-order valence-corrected chi connectivity index (χ4v) is 4.42. The number of hydrogen-bond acceptors (Lipinski definition) is 0. The highest BCUT2D eigenvalue weighted by Gasteiger charge is 2.38. The summed E-state index contributed by atoms with van der Waals surface area (Å²) in [4.78, 5) is 0. The van der Waals surface area contributed by atoms with E-state index in [0.717, 1.165) is 6.42 Å². The zero-order valence-corrected chi connectivity index (χ0v) is 13.0. The highest BCUT2D eigenvalue weighted by Crippen LogP contribution is 2.54. The van der Waals surface area contributed by atoms with Crippen molar-refractivity contribution in [1.82, 2.24) is 0 Å².